The predicted octanol–water partition coefficient (Wildman–Crippen LogP) is -0.587. The average molecular weight is 224 g/mol. The first-order valence-electron chi connectivity index (χ1n) is 5.01. The van der Waals surface area contributed by atoms with Gasteiger partial charge in [-0.2, -0.15) is 0 Å². The van der Waals surface area contributed by atoms with E-state index in [2.05, 4.69) is 0 Å². The predicted molar refractivity (Wildman–Crippen MR) is 59.9 cm³/mol. The van der Waals surface area contributed by atoms with Crippen molar-refractivity contribution >= 4 is 5.91 Å². The van der Waals surface area contributed by atoms with Crippen molar-refractivity contribution in [3.8, 4) is 5.75 Å². The molecule has 1 atom stereocenters. The summed E-state index contributed by atoms with van der Waals surface area (Å²) in [6.07, 6.45) is 0.612. The standard InChI is InChI=1S/C11H16N2O3/c12-10(11(13)15)7-16-9-3-1-8(2-4-9)5-6-14/h1-4,10,14H,5-7,12H2,(H2,13,15). The molecule has 0 aliphatic heterocycles. The van der Waals surface area contributed by atoms with Gasteiger partial charge in [0, 0.05) is 6.61 Å². The second-order valence-corrected chi connectivity index (χ2v) is 3.44. The van der Waals surface area contributed by atoms with Crippen LogP contribution in [0.4, 0.5) is 0 Å². The van der Waals surface area contributed by atoms with Crippen molar-refractivity contribution in [2.45, 2.75) is 12.5 Å². The van der Waals surface area contributed by atoms with Crippen LogP contribution in [0.25, 0.3) is 0 Å². The molecular weight excluding hydrogens is 208 g/mol. The third kappa shape index (κ3) is 3.88. The zero-order valence-corrected chi connectivity index (χ0v) is 8.93. The molecule has 0 radical (unpaired) electrons. The zero-order chi connectivity index (χ0) is 12.0. The minimum absolute atomic E-state index is 0.0642. The molecule has 1 rings (SSSR count). The maximum atomic E-state index is 10.6. The summed E-state index contributed by atoms with van der Waals surface area (Å²) in [5.74, 6) is 0.0373. The Bertz CT molecular complexity index is 338. The Morgan fingerprint density at radius 1 is 1.38 bits per heavy atom. The summed E-state index contributed by atoms with van der Waals surface area (Å²) in [6, 6.07) is 6.43. The molecule has 0 spiro atoms. The normalized spacial score (nSPS) is 12.1. The molecule has 0 aromatic heterocycles. The third-order valence-electron chi connectivity index (χ3n) is 2.12. The van der Waals surface area contributed by atoms with Gasteiger partial charge in [-0.25, -0.2) is 0 Å². The van der Waals surface area contributed by atoms with Crippen LogP contribution in [0.3, 0.4) is 0 Å². The lowest BCUT2D eigenvalue weighted by Gasteiger charge is -2.10. The molecule has 0 aliphatic carbocycles. The Kier molecular flexibility index (Phi) is 4.75. The van der Waals surface area contributed by atoms with Crippen LogP contribution in [0.2, 0.25) is 0 Å². The number of hydrogen-bond donors (Lipinski definition) is 3. The fourth-order valence-electron chi connectivity index (χ4n) is 1.15. The van der Waals surface area contributed by atoms with Crippen LogP contribution in [-0.2, 0) is 11.2 Å². The van der Waals surface area contributed by atoms with Gasteiger partial charge in [0.15, 0.2) is 0 Å². The van der Waals surface area contributed by atoms with E-state index < -0.39 is 11.9 Å². The highest BCUT2D eigenvalue weighted by Crippen LogP contribution is 2.12. The van der Waals surface area contributed by atoms with Crippen LogP contribution in [0.5, 0.6) is 5.75 Å². The molecule has 16 heavy (non-hydrogen) atoms. The number of nitrogens with two attached hydrogens (primary N) is 2. The summed E-state index contributed by atoms with van der Waals surface area (Å²) in [5, 5.41) is 8.73. The van der Waals surface area contributed by atoms with Gasteiger partial charge in [-0.15, -0.1) is 0 Å². The van der Waals surface area contributed by atoms with Crippen LogP contribution in [-0.4, -0.2) is 30.3 Å². The van der Waals surface area contributed by atoms with E-state index in [-0.39, 0.29) is 13.2 Å². The molecular formula is C11H16N2O3. The minimum atomic E-state index is -0.794. The van der Waals surface area contributed by atoms with Gasteiger partial charge >= 0.3 is 0 Å². The summed E-state index contributed by atoms with van der Waals surface area (Å²) in [5.41, 5.74) is 11.4. The number of ether oxygens (including phenoxy) is 1. The summed E-state index contributed by atoms with van der Waals surface area (Å²) in [6.45, 7) is 0.182. The van der Waals surface area contributed by atoms with Crippen molar-refractivity contribution < 1.29 is 14.6 Å². The topological polar surface area (TPSA) is 98.6 Å². The van der Waals surface area contributed by atoms with Crippen molar-refractivity contribution in [2.24, 2.45) is 11.5 Å². The molecule has 5 heteroatoms. The first-order chi connectivity index (χ1) is 7.63. The number of carbonyl (C=O) groups is 1. The molecule has 0 saturated carbocycles. The second kappa shape index (κ2) is 6.09. The van der Waals surface area contributed by atoms with Crippen molar-refractivity contribution in [1.82, 2.24) is 0 Å². The molecule has 0 saturated heterocycles. The first kappa shape index (κ1) is 12.5. The summed E-state index contributed by atoms with van der Waals surface area (Å²) >= 11 is 0. The maximum Gasteiger partial charge on any atom is 0.237 e. The summed E-state index contributed by atoms with van der Waals surface area (Å²) in [4.78, 5) is 10.6. The minimum Gasteiger partial charge on any atom is -0.491 e. The lowest BCUT2D eigenvalue weighted by Crippen LogP contribution is -2.41. The monoisotopic (exact) mass is 224 g/mol. The van der Waals surface area contributed by atoms with Gasteiger partial charge in [-0.1, -0.05) is 12.1 Å². The molecule has 88 valence electrons. The third-order valence-corrected chi connectivity index (χ3v) is 2.12. The number of rotatable bonds is 6. The molecule has 0 bridgehead atoms. The number of primary amides is 1. The van der Waals surface area contributed by atoms with E-state index in [1.54, 1.807) is 12.1 Å². The SMILES string of the molecule is NC(=O)C(N)COc1ccc(CCO)cc1. The maximum absolute atomic E-state index is 10.6. The lowest BCUT2D eigenvalue weighted by molar-refractivity contribution is -0.119. The Morgan fingerprint density at radius 3 is 2.50 bits per heavy atom. The number of benzene rings is 1. The van der Waals surface area contributed by atoms with E-state index in [9.17, 15) is 4.79 Å². The molecule has 1 amide bonds. The quantitative estimate of drug-likeness (QED) is 0.601. The van der Waals surface area contributed by atoms with E-state index in [1.165, 1.54) is 0 Å². The van der Waals surface area contributed by atoms with E-state index in [0.717, 1.165) is 5.56 Å². The number of aliphatic hydroxyl groups is 1. The fraction of sp³-hybridized carbons (Fsp3) is 0.364. The summed E-state index contributed by atoms with van der Waals surface area (Å²) < 4.78 is 5.27. The van der Waals surface area contributed by atoms with E-state index >= 15 is 0 Å². The van der Waals surface area contributed by atoms with Gasteiger partial charge in [0.2, 0.25) is 5.91 Å². The van der Waals surface area contributed by atoms with Crippen molar-refractivity contribution in [2.75, 3.05) is 13.2 Å². The number of hydrogen-bond acceptors (Lipinski definition) is 4. The van der Waals surface area contributed by atoms with Crippen molar-refractivity contribution in [3.63, 3.8) is 0 Å². The molecule has 5 N–H and O–H groups in total. The van der Waals surface area contributed by atoms with Crippen LogP contribution in [0.1, 0.15) is 5.56 Å². The van der Waals surface area contributed by atoms with Crippen LogP contribution in [0, 0.1) is 0 Å². The number of amides is 1. The fourth-order valence-corrected chi connectivity index (χ4v) is 1.15. The molecule has 0 fully saturated rings. The van der Waals surface area contributed by atoms with E-state index in [1.807, 2.05) is 12.1 Å². The van der Waals surface area contributed by atoms with Crippen LogP contribution >= 0.6 is 0 Å². The van der Waals surface area contributed by atoms with Crippen molar-refractivity contribution in [1.29, 1.82) is 0 Å². The van der Waals surface area contributed by atoms with Crippen molar-refractivity contribution in [3.05, 3.63) is 29.8 Å². The first-order valence-corrected chi connectivity index (χ1v) is 5.01. The average Bonchev–Trinajstić information content (AvgIpc) is 2.28. The van der Waals surface area contributed by atoms with Gasteiger partial charge in [0.05, 0.1) is 0 Å². The lowest BCUT2D eigenvalue weighted by atomic mass is 10.1. The summed E-state index contributed by atoms with van der Waals surface area (Å²) in [7, 11) is 0. The Morgan fingerprint density at radius 2 is 2.00 bits per heavy atom. The molecule has 0 aliphatic rings. The molecule has 0 heterocycles. The Balaban J connectivity index is 2.46. The molecule has 1 aromatic rings. The zero-order valence-electron chi connectivity index (χ0n) is 8.93. The Labute approximate surface area is 94.0 Å². The molecule has 1 unspecified atom stereocenters. The van der Waals surface area contributed by atoms with E-state index in [0.29, 0.717) is 12.2 Å². The highest BCUT2D eigenvalue weighted by Gasteiger charge is 2.09. The Hall–Kier alpha value is -1.59. The highest BCUT2D eigenvalue weighted by molar-refractivity contribution is 5.79. The molecule has 1 aromatic carbocycles. The number of aliphatic hydroxyl groups excluding tert-OH is 1. The van der Waals surface area contributed by atoms with Gasteiger partial charge in [0.25, 0.3) is 0 Å². The van der Waals surface area contributed by atoms with Gasteiger partial charge < -0.3 is 21.3 Å². The van der Waals surface area contributed by atoms with Crippen LogP contribution < -0.4 is 16.2 Å². The van der Waals surface area contributed by atoms with Gasteiger partial charge in [0.1, 0.15) is 18.4 Å². The highest BCUT2D eigenvalue weighted by atomic mass is 16.5. The van der Waals surface area contributed by atoms with Gasteiger partial charge in [-0.05, 0) is 24.1 Å². The second-order valence-electron chi connectivity index (χ2n) is 3.44. The van der Waals surface area contributed by atoms with E-state index in [4.69, 9.17) is 21.3 Å². The smallest absolute Gasteiger partial charge is 0.237 e. The van der Waals surface area contributed by atoms with Gasteiger partial charge in [-0.3, -0.25) is 4.79 Å². The van der Waals surface area contributed by atoms with Crippen LogP contribution in [0.15, 0.2) is 24.3 Å². The largest absolute Gasteiger partial charge is 0.491 e. The number of carbonyl (C=O) groups excluding carboxylic acids is 1. The molecule has 5 nitrogen and oxygen atoms in total.